The molecule has 2 heterocycles. The second-order valence-electron chi connectivity index (χ2n) is 4.97. The molecule has 108 valence electrons. The van der Waals surface area contributed by atoms with Gasteiger partial charge in [0, 0.05) is 32.1 Å². The minimum absolute atomic E-state index is 0.0332. The number of rotatable bonds is 2. The summed E-state index contributed by atoms with van der Waals surface area (Å²) in [5.74, 6) is -0.0332. The predicted octanol–water partition coefficient (Wildman–Crippen LogP) is 1.94. The van der Waals surface area contributed by atoms with Crippen molar-refractivity contribution in [1.29, 1.82) is 0 Å². The van der Waals surface area contributed by atoms with Crippen molar-refractivity contribution in [2.24, 2.45) is 5.16 Å². The number of carbonyl (C=O) groups is 1. The Bertz CT molecular complexity index is 653. The summed E-state index contributed by atoms with van der Waals surface area (Å²) in [5, 5.41) is 16.2. The first-order valence-corrected chi connectivity index (χ1v) is 6.87. The van der Waals surface area contributed by atoms with Crippen molar-refractivity contribution in [3.8, 4) is 5.69 Å². The number of likely N-dealkylation sites (tertiary alicyclic amines) is 1. The van der Waals surface area contributed by atoms with E-state index in [4.69, 9.17) is 5.21 Å². The third-order valence-corrected chi connectivity index (χ3v) is 3.62. The van der Waals surface area contributed by atoms with Gasteiger partial charge in [0.05, 0.1) is 23.2 Å². The SMILES string of the molecule is O=C(c1cnn(-c2ccccc2)c1)N1CCC(=NO)CC1. The number of para-hydroxylation sites is 1. The van der Waals surface area contributed by atoms with Crippen LogP contribution in [0.15, 0.2) is 47.9 Å². The number of hydrogen-bond acceptors (Lipinski definition) is 4. The predicted molar refractivity (Wildman–Crippen MR) is 77.9 cm³/mol. The number of hydrogen-bond donors (Lipinski definition) is 1. The number of oxime groups is 1. The molecule has 6 heteroatoms. The Balaban J connectivity index is 1.73. The molecule has 1 fully saturated rings. The molecule has 1 amide bonds. The fourth-order valence-electron chi connectivity index (χ4n) is 2.41. The molecule has 1 aromatic carbocycles. The average Bonchev–Trinajstić information content (AvgIpc) is 3.05. The molecular formula is C15H16N4O2. The summed E-state index contributed by atoms with van der Waals surface area (Å²) in [7, 11) is 0. The van der Waals surface area contributed by atoms with Crippen molar-refractivity contribution >= 4 is 11.6 Å². The van der Waals surface area contributed by atoms with E-state index in [0.29, 0.717) is 31.5 Å². The Morgan fingerprint density at radius 3 is 2.57 bits per heavy atom. The summed E-state index contributed by atoms with van der Waals surface area (Å²) < 4.78 is 1.69. The summed E-state index contributed by atoms with van der Waals surface area (Å²) in [4.78, 5) is 14.2. The molecule has 2 aromatic rings. The number of benzene rings is 1. The smallest absolute Gasteiger partial charge is 0.257 e. The number of nitrogens with zero attached hydrogens (tertiary/aromatic N) is 4. The first-order chi connectivity index (χ1) is 10.3. The molecule has 6 nitrogen and oxygen atoms in total. The van der Waals surface area contributed by atoms with Crippen molar-refractivity contribution in [2.75, 3.05) is 13.1 Å². The molecular weight excluding hydrogens is 268 g/mol. The average molecular weight is 284 g/mol. The van der Waals surface area contributed by atoms with Crippen LogP contribution in [-0.2, 0) is 0 Å². The van der Waals surface area contributed by atoms with E-state index < -0.39 is 0 Å². The van der Waals surface area contributed by atoms with E-state index in [-0.39, 0.29) is 5.91 Å². The maximum atomic E-state index is 12.4. The van der Waals surface area contributed by atoms with E-state index in [2.05, 4.69) is 10.3 Å². The van der Waals surface area contributed by atoms with E-state index in [9.17, 15) is 4.79 Å². The lowest BCUT2D eigenvalue weighted by Gasteiger charge is -2.26. The zero-order chi connectivity index (χ0) is 14.7. The molecule has 3 rings (SSSR count). The standard InChI is InChI=1S/C15H16N4O2/c20-15(18-8-6-13(17-21)7-9-18)12-10-16-19(11-12)14-4-2-1-3-5-14/h1-5,10-11,21H,6-9H2. The second kappa shape index (κ2) is 5.78. The quantitative estimate of drug-likeness (QED) is 0.676. The van der Waals surface area contributed by atoms with Crippen molar-refractivity contribution in [2.45, 2.75) is 12.8 Å². The lowest BCUT2D eigenvalue weighted by molar-refractivity contribution is 0.0753. The summed E-state index contributed by atoms with van der Waals surface area (Å²) in [5.41, 5.74) is 2.24. The molecule has 0 unspecified atom stereocenters. The van der Waals surface area contributed by atoms with Gasteiger partial charge in [-0.15, -0.1) is 0 Å². The van der Waals surface area contributed by atoms with Gasteiger partial charge in [-0.1, -0.05) is 23.4 Å². The van der Waals surface area contributed by atoms with Gasteiger partial charge >= 0.3 is 0 Å². The molecule has 0 radical (unpaired) electrons. The van der Waals surface area contributed by atoms with Gasteiger partial charge in [0.15, 0.2) is 0 Å². The maximum Gasteiger partial charge on any atom is 0.257 e. The second-order valence-corrected chi connectivity index (χ2v) is 4.97. The minimum atomic E-state index is -0.0332. The Labute approximate surface area is 122 Å². The van der Waals surface area contributed by atoms with Crippen molar-refractivity contribution < 1.29 is 10.0 Å². The summed E-state index contributed by atoms with van der Waals surface area (Å²) in [6, 6.07) is 9.67. The zero-order valence-corrected chi connectivity index (χ0v) is 11.5. The molecule has 0 saturated carbocycles. The highest BCUT2D eigenvalue weighted by atomic mass is 16.4. The van der Waals surface area contributed by atoms with Crippen LogP contribution in [0.3, 0.4) is 0 Å². The van der Waals surface area contributed by atoms with Gasteiger partial charge in [0.2, 0.25) is 0 Å². The Morgan fingerprint density at radius 1 is 1.19 bits per heavy atom. The van der Waals surface area contributed by atoms with Crippen LogP contribution in [0.5, 0.6) is 0 Å². The molecule has 1 N–H and O–H groups in total. The largest absolute Gasteiger partial charge is 0.411 e. The van der Waals surface area contributed by atoms with Crippen LogP contribution < -0.4 is 0 Å². The Morgan fingerprint density at radius 2 is 1.90 bits per heavy atom. The van der Waals surface area contributed by atoms with Gasteiger partial charge in [-0.3, -0.25) is 4.79 Å². The number of piperidine rings is 1. The lowest BCUT2D eigenvalue weighted by Crippen LogP contribution is -2.38. The molecule has 0 bridgehead atoms. The highest BCUT2D eigenvalue weighted by Crippen LogP contribution is 2.13. The van der Waals surface area contributed by atoms with Gasteiger partial charge in [-0.25, -0.2) is 4.68 Å². The van der Waals surface area contributed by atoms with Gasteiger partial charge in [0.25, 0.3) is 5.91 Å². The first-order valence-electron chi connectivity index (χ1n) is 6.87. The van der Waals surface area contributed by atoms with E-state index in [0.717, 1.165) is 11.4 Å². The number of amides is 1. The van der Waals surface area contributed by atoms with Crippen LogP contribution in [0.4, 0.5) is 0 Å². The molecule has 1 aromatic heterocycles. The minimum Gasteiger partial charge on any atom is -0.411 e. The normalized spacial score (nSPS) is 15.0. The topological polar surface area (TPSA) is 70.7 Å². The molecule has 1 saturated heterocycles. The van der Waals surface area contributed by atoms with Gasteiger partial charge in [-0.2, -0.15) is 5.10 Å². The fraction of sp³-hybridized carbons (Fsp3) is 0.267. The fourth-order valence-corrected chi connectivity index (χ4v) is 2.41. The third kappa shape index (κ3) is 2.79. The van der Waals surface area contributed by atoms with Crippen molar-refractivity contribution in [3.63, 3.8) is 0 Å². The maximum absolute atomic E-state index is 12.4. The zero-order valence-electron chi connectivity index (χ0n) is 11.5. The number of aromatic nitrogens is 2. The highest BCUT2D eigenvalue weighted by Gasteiger charge is 2.22. The lowest BCUT2D eigenvalue weighted by atomic mass is 10.1. The Hall–Kier alpha value is -2.63. The van der Waals surface area contributed by atoms with Crippen LogP contribution >= 0.6 is 0 Å². The van der Waals surface area contributed by atoms with Crippen molar-refractivity contribution in [3.05, 3.63) is 48.3 Å². The summed E-state index contributed by atoms with van der Waals surface area (Å²) in [6.07, 6.45) is 4.57. The monoisotopic (exact) mass is 284 g/mol. The van der Waals surface area contributed by atoms with Crippen LogP contribution in [0.2, 0.25) is 0 Å². The molecule has 0 atom stereocenters. The molecule has 21 heavy (non-hydrogen) atoms. The number of carbonyl (C=O) groups excluding carboxylic acids is 1. The first kappa shape index (κ1) is 13.4. The molecule has 0 spiro atoms. The molecule has 0 aliphatic carbocycles. The van der Waals surface area contributed by atoms with E-state index >= 15 is 0 Å². The van der Waals surface area contributed by atoms with Gasteiger partial charge < -0.3 is 10.1 Å². The van der Waals surface area contributed by atoms with E-state index in [1.54, 1.807) is 22.0 Å². The van der Waals surface area contributed by atoms with E-state index in [1.807, 2.05) is 30.3 Å². The third-order valence-electron chi connectivity index (χ3n) is 3.62. The Kier molecular flexibility index (Phi) is 3.68. The van der Waals surface area contributed by atoms with Crippen LogP contribution in [0.25, 0.3) is 5.69 Å². The summed E-state index contributed by atoms with van der Waals surface area (Å²) in [6.45, 7) is 1.16. The van der Waals surface area contributed by atoms with Gasteiger partial charge in [-0.05, 0) is 12.1 Å². The molecule has 1 aliphatic heterocycles. The van der Waals surface area contributed by atoms with Crippen molar-refractivity contribution in [1.82, 2.24) is 14.7 Å². The van der Waals surface area contributed by atoms with Crippen LogP contribution in [-0.4, -0.2) is 44.6 Å². The van der Waals surface area contributed by atoms with Crippen LogP contribution in [0.1, 0.15) is 23.2 Å². The summed E-state index contributed by atoms with van der Waals surface area (Å²) >= 11 is 0. The van der Waals surface area contributed by atoms with Gasteiger partial charge in [0.1, 0.15) is 0 Å². The molecule has 1 aliphatic rings. The van der Waals surface area contributed by atoms with Crippen LogP contribution in [0, 0.1) is 0 Å². The highest BCUT2D eigenvalue weighted by molar-refractivity contribution is 5.95. The van der Waals surface area contributed by atoms with E-state index in [1.165, 1.54) is 0 Å².